The number of hydrogen-bond acceptors (Lipinski definition) is 4. The fraction of sp³-hybridized carbons (Fsp3) is 0.929. The van der Waals surface area contributed by atoms with Crippen LogP contribution in [0.15, 0.2) is 0 Å². The van der Waals surface area contributed by atoms with Crippen molar-refractivity contribution in [3.63, 3.8) is 0 Å². The molecule has 4 aliphatic rings. The van der Waals surface area contributed by atoms with Crippen LogP contribution in [-0.4, -0.2) is 31.0 Å². The zero-order chi connectivity index (χ0) is 20.5. The maximum Gasteiger partial charge on any atom is 0.312 e. The molecule has 0 amide bonds. The monoisotopic (exact) mass is 480 g/mol. The summed E-state index contributed by atoms with van der Waals surface area (Å²) in [4.78, 5) is 12.6. The maximum atomic E-state index is 13.3. The van der Waals surface area contributed by atoms with Gasteiger partial charge in [-0.15, -0.1) is 11.6 Å². The summed E-state index contributed by atoms with van der Waals surface area (Å²) in [7, 11) is -10.8. The van der Waals surface area contributed by atoms with Crippen molar-refractivity contribution in [2.24, 2.45) is 23.2 Å². The van der Waals surface area contributed by atoms with Crippen molar-refractivity contribution in [1.29, 1.82) is 0 Å². The van der Waals surface area contributed by atoms with Crippen LogP contribution in [0.5, 0.6) is 0 Å². The van der Waals surface area contributed by atoms with Crippen molar-refractivity contribution in [2.45, 2.75) is 48.5 Å². The number of carbonyl (C=O) groups excluding carboxylic acids is 1. The van der Waals surface area contributed by atoms with Crippen molar-refractivity contribution in [1.82, 2.24) is 0 Å². The summed E-state index contributed by atoms with van der Waals surface area (Å²) in [6.07, 6.45) is 4.23. The molecule has 0 radical (unpaired) electrons. The third kappa shape index (κ3) is 4.45. The van der Waals surface area contributed by atoms with E-state index in [0.717, 1.165) is 19.3 Å². The van der Waals surface area contributed by atoms with E-state index in [9.17, 15) is 32.6 Å². The average Bonchev–Trinajstić information content (AvgIpc) is 2.41. The predicted molar refractivity (Wildman–Crippen MR) is 92.9 cm³/mol. The molecule has 0 N–H and O–H groups in total. The van der Waals surface area contributed by atoms with E-state index in [0.29, 0.717) is 19.3 Å². The number of esters is 1. The summed E-state index contributed by atoms with van der Waals surface area (Å²) in [5, 5.41) is -3.88. The van der Waals surface area contributed by atoms with E-state index in [4.69, 9.17) is 22.3 Å². The van der Waals surface area contributed by atoms with Crippen LogP contribution in [0.3, 0.4) is 0 Å². The number of alkyl halides is 1. The lowest BCUT2D eigenvalue weighted by Crippen LogP contribution is -2.51. The van der Waals surface area contributed by atoms with Crippen LogP contribution in [0, 0.1) is 23.2 Å². The van der Waals surface area contributed by atoms with E-state index in [2.05, 4.69) is 4.74 Å². The van der Waals surface area contributed by atoms with Crippen LogP contribution in [0.1, 0.15) is 38.5 Å². The van der Waals surface area contributed by atoms with Gasteiger partial charge in [0.25, 0.3) is 19.3 Å². The fourth-order valence-electron chi connectivity index (χ4n) is 5.26. The minimum Gasteiger partial charge on any atom is -0.464 e. The summed E-state index contributed by atoms with van der Waals surface area (Å²) in [5.74, 6) is -0.151. The van der Waals surface area contributed by atoms with E-state index in [-0.39, 0.29) is 17.8 Å². The maximum absolute atomic E-state index is 13.3. The Morgan fingerprint density at radius 1 is 1.04 bits per heavy atom. The van der Waals surface area contributed by atoms with Gasteiger partial charge >= 0.3 is 5.97 Å². The molecule has 4 saturated carbocycles. The first-order valence-corrected chi connectivity index (χ1v) is 13.2. The third-order valence-electron chi connectivity index (χ3n) is 5.98. The van der Waals surface area contributed by atoms with E-state index in [1.165, 1.54) is 0 Å². The number of halogens is 7. The largest absolute Gasteiger partial charge is 0.464 e. The Morgan fingerprint density at radius 3 is 1.78 bits per heavy atom. The lowest BCUT2D eigenvalue weighted by Gasteiger charge is -2.55. The summed E-state index contributed by atoms with van der Waals surface area (Å²) >= 11 is 5.11. The quantitative estimate of drug-likeness (QED) is 0.216. The summed E-state index contributed by atoms with van der Waals surface area (Å²) < 4.78 is 90.1. The van der Waals surface area contributed by atoms with Gasteiger partial charge < -0.3 is 4.74 Å². The van der Waals surface area contributed by atoms with Gasteiger partial charge in [0, 0.05) is 10.7 Å². The van der Waals surface area contributed by atoms with Crippen LogP contribution in [-0.2, 0) is 18.6 Å². The SMILES string of the molecule is O=C(OCC(C(Cl)S(=O)(=O)Cl)S(F)(F)(F)(F)F)C12CC3CC(CC(C3)C1)C2. The highest BCUT2D eigenvalue weighted by atomic mass is 35.7. The average molecular weight is 481 g/mol. The van der Waals surface area contributed by atoms with Gasteiger partial charge in [-0.25, -0.2) is 8.42 Å². The van der Waals surface area contributed by atoms with Gasteiger partial charge in [-0.1, -0.05) is 19.4 Å². The number of carbonyl (C=O) groups is 1. The first kappa shape index (κ1) is 21.7. The molecule has 4 aliphatic carbocycles. The minimum absolute atomic E-state index is 0.277. The summed E-state index contributed by atoms with van der Waals surface area (Å²) in [5.41, 5.74) is -0.973. The Hall–Kier alpha value is -0.000000000000000167. The highest BCUT2D eigenvalue weighted by Gasteiger charge is 2.74. The van der Waals surface area contributed by atoms with Crippen LogP contribution >= 0.6 is 32.5 Å². The van der Waals surface area contributed by atoms with Crippen molar-refractivity contribution in [2.75, 3.05) is 6.61 Å². The van der Waals surface area contributed by atoms with E-state index < -0.39 is 47.2 Å². The lowest BCUT2D eigenvalue weighted by atomic mass is 9.49. The molecule has 2 unspecified atom stereocenters. The third-order valence-corrected chi connectivity index (χ3v) is 10.6. The minimum atomic E-state index is -10.4. The molecular formula is C14H19Cl2F5O4S2. The Morgan fingerprint density at radius 2 is 1.44 bits per heavy atom. The molecule has 4 fully saturated rings. The van der Waals surface area contributed by atoms with Gasteiger partial charge in [-0.05, 0) is 56.3 Å². The molecule has 0 aromatic rings. The number of hydrogen-bond donors (Lipinski definition) is 0. The Labute approximate surface area is 163 Å². The van der Waals surface area contributed by atoms with Crippen molar-refractivity contribution >= 4 is 47.5 Å². The number of rotatable bonds is 6. The van der Waals surface area contributed by atoms with Crippen LogP contribution in [0.2, 0.25) is 0 Å². The highest BCUT2D eigenvalue weighted by molar-refractivity contribution is 8.46. The molecule has 0 heterocycles. The highest BCUT2D eigenvalue weighted by Crippen LogP contribution is 3.00. The lowest BCUT2D eigenvalue weighted by molar-refractivity contribution is -0.171. The molecule has 4 rings (SSSR count). The first-order chi connectivity index (χ1) is 11.9. The molecule has 0 saturated heterocycles. The molecule has 2 atom stereocenters. The van der Waals surface area contributed by atoms with Gasteiger partial charge in [-0.2, -0.15) is 0 Å². The van der Waals surface area contributed by atoms with Gasteiger partial charge in [0.05, 0.1) is 5.41 Å². The second-order valence-corrected chi connectivity index (χ2v) is 14.3. The van der Waals surface area contributed by atoms with Gasteiger partial charge in [-0.3, -0.25) is 4.79 Å². The van der Waals surface area contributed by atoms with E-state index in [1.54, 1.807) is 0 Å². The first-order valence-electron chi connectivity index (χ1n) is 8.37. The van der Waals surface area contributed by atoms with Crippen molar-refractivity contribution in [3.05, 3.63) is 0 Å². The molecule has 4 nitrogen and oxygen atoms in total. The van der Waals surface area contributed by atoms with Crippen LogP contribution < -0.4 is 0 Å². The van der Waals surface area contributed by atoms with Gasteiger partial charge in [0.1, 0.15) is 6.61 Å². The molecule has 13 heteroatoms. The van der Waals surface area contributed by atoms with Gasteiger partial charge in [0.2, 0.25) is 0 Å². The Balaban J connectivity index is 1.79. The zero-order valence-corrected chi connectivity index (χ0v) is 17.1. The molecule has 0 aromatic carbocycles. The smallest absolute Gasteiger partial charge is 0.312 e. The standard InChI is InChI=1S/C14H19Cl2F5O4S2/c15-12(26(16,23)24)11(27(17,18,19,20)21)7-25-13(22)14-4-8-1-9(5-14)3-10(2-8)6-14/h8-12H,1-7H2. The fourth-order valence-corrected chi connectivity index (χ4v) is 8.71. The predicted octanol–water partition coefficient (Wildman–Crippen LogP) is 5.55. The molecule has 4 bridgehead atoms. The molecule has 0 aliphatic heterocycles. The van der Waals surface area contributed by atoms with Crippen LogP contribution in [0.25, 0.3) is 0 Å². The normalized spacial score (nSPS) is 38.0. The van der Waals surface area contributed by atoms with E-state index in [1.807, 2.05) is 0 Å². The second-order valence-electron chi connectivity index (χ2n) is 8.19. The molecule has 0 spiro atoms. The Kier molecular flexibility index (Phi) is 4.65. The second kappa shape index (κ2) is 5.78. The molecule has 27 heavy (non-hydrogen) atoms. The number of ether oxygens (including phenoxy) is 1. The zero-order valence-electron chi connectivity index (χ0n) is 13.9. The summed E-state index contributed by atoms with van der Waals surface area (Å²) in [6.45, 7) is -1.88. The van der Waals surface area contributed by atoms with Crippen molar-refractivity contribution in [3.8, 4) is 0 Å². The topological polar surface area (TPSA) is 60.4 Å². The molecule has 0 aromatic heterocycles. The molecular weight excluding hydrogens is 462 g/mol. The Bertz CT molecular complexity index is 720. The van der Waals surface area contributed by atoms with E-state index >= 15 is 0 Å². The van der Waals surface area contributed by atoms with Gasteiger partial charge in [0.15, 0.2) is 9.96 Å². The van der Waals surface area contributed by atoms with Crippen LogP contribution in [0.4, 0.5) is 19.4 Å². The molecule has 160 valence electrons. The van der Waals surface area contributed by atoms with Crippen molar-refractivity contribution < 1.29 is 37.4 Å². The summed E-state index contributed by atoms with van der Waals surface area (Å²) in [6, 6.07) is 0.